The zero-order chi connectivity index (χ0) is 31.8. The van der Waals surface area contributed by atoms with Crippen molar-refractivity contribution < 1.29 is 13.5 Å². The van der Waals surface area contributed by atoms with Gasteiger partial charge < -0.3 is 9.80 Å². The summed E-state index contributed by atoms with van der Waals surface area (Å²) in [5.74, 6) is 0. The smallest absolute Gasteiger partial charge is 0.00858 e. The van der Waals surface area contributed by atoms with Gasteiger partial charge in [-0.15, -0.1) is 0 Å². The molecule has 0 amide bonds. The summed E-state index contributed by atoms with van der Waals surface area (Å²) < 4.78 is 1.92. The Morgan fingerprint density at radius 2 is 0.870 bits per heavy atom. The van der Waals surface area contributed by atoms with Crippen LogP contribution in [0.25, 0.3) is 0 Å². The van der Waals surface area contributed by atoms with Crippen LogP contribution >= 0.6 is 27.3 Å². The first-order chi connectivity index (χ1) is 22.7. The van der Waals surface area contributed by atoms with E-state index >= 15 is 0 Å². The molecule has 252 valence electrons. The second-order valence-electron chi connectivity index (χ2n) is 13.4. The molecule has 1 aliphatic heterocycles. The molecule has 0 spiro atoms. The predicted molar refractivity (Wildman–Crippen MR) is 204 cm³/mol. The van der Waals surface area contributed by atoms with Crippen LogP contribution in [0.1, 0.15) is 102 Å². The first-order valence-corrected chi connectivity index (χ1v) is 25.1. The normalized spacial score (nSPS) is 19.9. The Hall–Kier alpha value is -1.24. The van der Waals surface area contributed by atoms with Gasteiger partial charge in [-0.25, -0.2) is 0 Å². The summed E-state index contributed by atoms with van der Waals surface area (Å²) in [6.07, 6.45) is 23.8. The van der Waals surface area contributed by atoms with Crippen LogP contribution in [-0.4, -0.2) is 34.7 Å². The van der Waals surface area contributed by atoms with Gasteiger partial charge in [0.25, 0.3) is 0 Å². The SMILES string of the molecule is C1CCC([PH+](C2CCCCC2)C2CCCCC2)CC1.[Cl][Ru]([Cl])=[CH]c1ccccc1.c1ccc(N2[CH-]N(c3ccccc3)CC2)cc1. The number of hydrogen-bond acceptors (Lipinski definition) is 2. The second kappa shape index (κ2) is 20.3. The van der Waals surface area contributed by atoms with Crippen LogP contribution in [0.5, 0.6) is 0 Å². The maximum Gasteiger partial charge on any atom is 0.00858 e. The van der Waals surface area contributed by atoms with Crippen LogP contribution in [0.3, 0.4) is 0 Å². The minimum atomic E-state index is -1.61. The number of para-hydroxylation sites is 2. The van der Waals surface area contributed by atoms with Gasteiger partial charge in [0, 0.05) is 32.4 Å². The molecule has 2 nitrogen and oxygen atoms in total. The maximum absolute atomic E-state index is 5.67. The molecule has 0 atom stereocenters. The van der Waals surface area contributed by atoms with E-state index in [1.54, 1.807) is 96.3 Å². The summed E-state index contributed by atoms with van der Waals surface area (Å²) in [4.78, 5) is 4.57. The fraction of sp³-hybridized carbons (Fsp3) is 0.500. The van der Waals surface area contributed by atoms with Crippen molar-refractivity contribution in [2.45, 2.75) is 113 Å². The molecular weight excluding hydrogens is 711 g/mol. The van der Waals surface area contributed by atoms with Crippen LogP contribution in [0.4, 0.5) is 11.4 Å². The van der Waals surface area contributed by atoms with E-state index in [0.717, 1.165) is 18.7 Å². The van der Waals surface area contributed by atoms with Gasteiger partial charge in [-0.05, 0) is 101 Å². The van der Waals surface area contributed by atoms with Crippen LogP contribution in [0.2, 0.25) is 0 Å². The molecule has 3 aliphatic carbocycles. The standard InChI is InChI=1S/C18H33P.C15H15N2.C7H6.2ClH.Ru/c1-4-10-16(11-5-1)19(17-12-6-2-7-13-17)18-14-8-3-9-15-18;1-3-7-14(8-4-1)16-11-12-17(13-16)15-9-5-2-6-10-15;1-7-5-3-2-4-6-7;;;/h16-18H,1-15H2;1-10,13H,11-12H2;1-6H;2*1H;/q;-1;;;;+2/p-1. The molecular formula is C40H55Cl2N2PRu. The van der Waals surface area contributed by atoms with Crippen molar-refractivity contribution in [1.82, 2.24) is 0 Å². The summed E-state index contributed by atoms with van der Waals surface area (Å²) in [6.45, 7) is 4.27. The van der Waals surface area contributed by atoms with Gasteiger partial charge in [0.05, 0.1) is 17.0 Å². The minimum absolute atomic E-state index is 0.0465. The summed E-state index contributed by atoms with van der Waals surface area (Å²) in [7, 11) is 11.3. The summed E-state index contributed by atoms with van der Waals surface area (Å²) in [5.41, 5.74) is 7.31. The van der Waals surface area contributed by atoms with Gasteiger partial charge >= 0.3 is 73.4 Å². The van der Waals surface area contributed by atoms with Crippen LogP contribution < -0.4 is 9.80 Å². The zero-order valence-corrected chi connectivity index (χ0v) is 31.8. The Morgan fingerprint density at radius 3 is 1.22 bits per heavy atom. The molecule has 0 N–H and O–H groups in total. The van der Waals surface area contributed by atoms with Crippen molar-refractivity contribution in [3.63, 3.8) is 0 Å². The van der Waals surface area contributed by atoms with Crippen LogP contribution in [0.15, 0.2) is 91.0 Å². The van der Waals surface area contributed by atoms with Gasteiger partial charge in [-0.2, -0.15) is 6.67 Å². The molecule has 46 heavy (non-hydrogen) atoms. The van der Waals surface area contributed by atoms with Gasteiger partial charge in [0.2, 0.25) is 0 Å². The minimum Gasteiger partial charge on any atom is -0.502 e. The number of rotatable bonds is 6. The van der Waals surface area contributed by atoms with E-state index in [-0.39, 0.29) is 7.92 Å². The number of hydrogen-bond donors (Lipinski definition) is 0. The molecule has 1 saturated heterocycles. The van der Waals surface area contributed by atoms with E-state index in [4.69, 9.17) is 19.4 Å². The van der Waals surface area contributed by atoms with E-state index in [1.807, 2.05) is 34.9 Å². The fourth-order valence-electron chi connectivity index (χ4n) is 8.05. The van der Waals surface area contributed by atoms with E-state index < -0.39 is 13.5 Å². The third kappa shape index (κ3) is 11.7. The molecule has 0 bridgehead atoms. The Bertz CT molecular complexity index is 1170. The molecule has 7 rings (SSSR count). The first-order valence-electron chi connectivity index (χ1n) is 17.9. The first kappa shape index (κ1) is 36.1. The van der Waals surface area contributed by atoms with Gasteiger partial charge in [-0.3, -0.25) is 0 Å². The molecule has 3 aromatic carbocycles. The molecule has 0 aromatic heterocycles. The second-order valence-corrected chi connectivity index (χ2v) is 22.6. The zero-order valence-electron chi connectivity index (χ0n) is 27.6. The molecule has 1 heterocycles. The summed E-state index contributed by atoms with van der Waals surface area (Å²) in [5, 5.41) is 0. The monoisotopic (exact) mass is 766 g/mol. The van der Waals surface area contributed by atoms with Crippen LogP contribution in [0, 0.1) is 6.67 Å². The Balaban J connectivity index is 0.000000143. The van der Waals surface area contributed by atoms with Gasteiger partial charge in [0.15, 0.2) is 0 Å². The molecule has 3 saturated carbocycles. The molecule has 0 radical (unpaired) electrons. The van der Waals surface area contributed by atoms with E-state index in [0.29, 0.717) is 0 Å². The summed E-state index contributed by atoms with van der Waals surface area (Å²) >= 11 is -1.61. The van der Waals surface area contributed by atoms with Crippen molar-refractivity contribution in [3.8, 4) is 0 Å². The molecule has 3 aromatic rings. The number of benzene rings is 3. The third-order valence-corrected chi connectivity index (χ3v) is 16.7. The van der Waals surface area contributed by atoms with Crippen molar-refractivity contribution in [2.24, 2.45) is 0 Å². The van der Waals surface area contributed by atoms with E-state index in [1.165, 1.54) is 28.4 Å². The summed E-state index contributed by atoms with van der Waals surface area (Å²) in [6, 6.07) is 30.9. The average molecular weight is 767 g/mol. The van der Waals surface area contributed by atoms with Crippen molar-refractivity contribution in [1.29, 1.82) is 0 Å². The topological polar surface area (TPSA) is 6.48 Å². The maximum atomic E-state index is 5.67. The number of anilines is 2. The average Bonchev–Trinajstić information content (AvgIpc) is 3.62. The Morgan fingerprint density at radius 1 is 0.522 bits per heavy atom. The molecule has 4 fully saturated rings. The van der Waals surface area contributed by atoms with Crippen molar-refractivity contribution in [2.75, 3.05) is 22.9 Å². The quantitative estimate of drug-likeness (QED) is 0.140. The number of nitrogens with zero attached hydrogens (tertiary/aromatic N) is 2. The van der Waals surface area contributed by atoms with Crippen molar-refractivity contribution in [3.05, 3.63) is 103 Å². The molecule has 4 aliphatic rings. The van der Waals surface area contributed by atoms with Gasteiger partial charge in [-0.1, -0.05) is 55.7 Å². The van der Waals surface area contributed by atoms with E-state index in [2.05, 4.69) is 77.1 Å². The number of halogens is 2. The largest absolute Gasteiger partial charge is 0.502 e. The third-order valence-electron chi connectivity index (χ3n) is 10.3. The Labute approximate surface area is 294 Å². The Kier molecular flexibility index (Phi) is 15.9. The fourth-order valence-corrected chi connectivity index (χ4v) is 15.1. The molecule has 0 unspecified atom stereocenters. The van der Waals surface area contributed by atoms with Crippen LogP contribution in [-0.2, 0) is 13.5 Å². The molecule has 6 heteroatoms. The van der Waals surface area contributed by atoms with Crippen molar-refractivity contribution >= 4 is 43.3 Å². The predicted octanol–water partition coefficient (Wildman–Crippen LogP) is 12.1. The van der Waals surface area contributed by atoms with E-state index in [9.17, 15) is 0 Å². The van der Waals surface area contributed by atoms with Gasteiger partial charge in [0.1, 0.15) is 0 Å².